The first-order chi connectivity index (χ1) is 12.6. The van der Waals surface area contributed by atoms with Gasteiger partial charge < -0.3 is 15.1 Å². The Kier molecular flexibility index (Phi) is 4.81. The smallest absolute Gasteiger partial charge is 0.252 e. The van der Waals surface area contributed by atoms with Gasteiger partial charge in [0.25, 0.3) is 5.91 Å². The molecule has 0 radical (unpaired) electrons. The van der Waals surface area contributed by atoms with Crippen LogP contribution in [0.1, 0.15) is 36.0 Å². The second-order valence-electron chi connectivity index (χ2n) is 7.92. The number of aromatic nitrogens is 1. The van der Waals surface area contributed by atoms with Crippen molar-refractivity contribution in [3.63, 3.8) is 0 Å². The Morgan fingerprint density at radius 2 is 1.96 bits per heavy atom. The summed E-state index contributed by atoms with van der Waals surface area (Å²) < 4.78 is 0. The molecule has 0 unspecified atom stereocenters. The number of carbonyl (C=O) groups is 1. The van der Waals surface area contributed by atoms with E-state index >= 15 is 0 Å². The molecule has 5 nitrogen and oxygen atoms in total. The monoisotopic (exact) mass is 352 g/mol. The standard InChI is InChI=1S/C21H28N4O/c1-24-11-9-15(10-12-24)14-25(2)20-13-18(21(26)22-16-7-8-16)17-5-3-4-6-19(17)23-20/h3-6,13,15-16H,7-12,14H2,1-2H3,(H,22,26). The maximum atomic E-state index is 12.7. The maximum Gasteiger partial charge on any atom is 0.252 e. The molecule has 1 aromatic carbocycles. The summed E-state index contributed by atoms with van der Waals surface area (Å²) in [5, 5.41) is 4.06. The lowest BCUT2D eigenvalue weighted by atomic mass is 9.96. The predicted molar refractivity (Wildman–Crippen MR) is 106 cm³/mol. The van der Waals surface area contributed by atoms with Crippen LogP contribution in [-0.4, -0.2) is 55.6 Å². The van der Waals surface area contributed by atoms with E-state index in [1.807, 2.05) is 30.3 Å². The number of para-hydroxylation sites is 1. The van der Waals surface area contributed by atoms with Crippen LogP contribution in [0.25, 0.3) is 10.9 Å². The molecule has 0 bridgehead atoms. The largest absolute Gasteiger partial charge is 0.359 e. The number of hydrogen-bond acceptors (Lipinski definition) is 4. The van der Waals surface area contributed by atoms with Gasteiger partial charge in [-0.1, -0.05) is 18.2 Å². The van der Waals surface area contributed by atoms with E-state index in [1.165, 1.54) is 25.9 Å². The fraction of sp³-hybridized carbons (Fsp3) is 0.524. The Hall–Kier alpha value is -2.14. The van der Waals surface area contributed by atoms with Crippen LogP contribution in [0, 0.1) is 5.92 Å². The summed E-state index contributed by atoms with van der Waals surface area (Å²) in [6.45, 7) is 3.32. The van der Waals surface area contributed by atoms with E-state index in [-0.39, 0.29) is 5.91 Å². The molecule has 1 aliphatic carbocycles. The highest BCUT2D eigenvalue weighted by Crippen LogP contribution is 2.26. The van der Waals surface area contributed by atoms with Gasteiger partial charge in [-0.05, 0) is 63.9 Å². The Balaban J connectivity index is 1.58. The molecule has 1 aliphatic heterocycles. The normalized spacial score (nSPS) is 18.8. The number of anilines is 1. The number of piperidine rings is 1. The zero-order valence-corrected chi connectivity index (χ0v) is 15.7. The molecule has 5 heteroatoms. The third-order valence-corrected chi connectivity index (χ3v) is 5.62. The number of carbonyl (C=O) groups excluding carboxylic acids is 1. The Morgan fingerprint density at radius 1 is 1.23 bits per heavy atom. The van der Waals surface area contributed by atoms with E-state index in [0.29, 0.717) is 12.0 Å². The summed E-state index contributed by atoms with van der Waals surface area (Å²) in [5.41, 5.74) is 1.63. The first kappa shape index (κ1) is 17.3. The molecule has 0 atom stereocenters. The van der Waals surface area contributed by atoms with Gasteiger partial charge in [0, 0.05) is 25.0 Å². The molecule has 1 saturated carbocycles. The van der Waals surface area contributed by atoms with Gasteiger partial charge in [0.15, 0.2) is 0 Å². The molecule has 138 valence electrons. The first-order valence-electron chi connectivity index (χ1n) is 9.70. The zero-order valence-electron chi connectivity index (χ0n) is 15.7. The number of hydrogen-bond donors (Lipinski definition) is 1. The summed E-state index contributed by atoms with van der Waals surface area (Å²) in [6.07, 6.45) is 4.64. The Bertz CT molecular complexity index is 794. The molecule has 1 saturated heterocycles. The van der Waals surface area contributed by atoms with Crippen LogP contribution in [0.3, 0.4) is 0 Å². The molecule has 26 heavy (non-hydrogen) atoms. The van der Waals surface area contributed by atoms with Crippen molar-refractivity contribution in [2.75, 3.05) is 38.6 Å². The van der Waals surface area contributed by atoms with Gasteiger partial charge in [0.1, 0.15) is 5.82 Å². The lowest BCUT2D eigenvalue weighted by Crippen LogP contribution is -2.36. The maximum absolute atomic E-state index is 12.7. The highest BCUT2D eigenvalue weighted by molar-refractivity contribution is 6.07. The molecule has 2 aliphatic rings. The summed E-state index contributed by atoms with van der Waals surface area (Å²) in [6, 6.07) is 10.3. The molecule has 2 aromatic rings. The van der Waals surface area contributed by atoms with Crippen molar-refractivity contribution >= 4 is 22.6 Å². The average molecular weight is 352 g/mol. The van der Waals surface area contributed by atoms with E-state index in [9.17, 15) is 4.79 Å². The van der Waals surface area contributed by atoms with Crippen molar-refractivity contribution in [3.8, 4) is 0 Å². The van der Waals surface area contributed by atoms with Crippen molar-refractivity contribution in [3.05, 3.63) is 35.9 Å². The van der Waals surface area contributed by atoms with Gasteiger partial charge in [0.2, 0.25) is 0 Å². The fourth-order valence-corrected chi connectivity index (χ4v) is 3.76. The zero-order chi connectivity index (χ0) is 18.1. The minimum atomic E-state index is 0.0278. The molecular weight excluding hydrogens is 324 g/mol. The van der Waals surface area contributed by atoms with E-state index in [4.69, 9.17) is 4.98 Å². The molecule has 1 amide bonds. The van der Waals surface area contributed by atoms with Gasteiger partial charge in [-0.2, -0.15) is 0 Å². The second-order valence-corrected chi connectivity index (χ2v) is 7.92. The van der Waals surface area contributed by atoms with Crippen LogP contribution in [0.5, 0.6) is 0 Å². The van der Waals surface area contributed by atoms with Gasteiger partial charge >= 0.3 is 0 Å². The number of nitrogens with zero attached hydrogens (tertiary/aromatic N) is 3. The topological polar surface area (TPSA) is 48.5 Å². The van der Waals surface area contributed by atoms with Gasteiger partial charge in [0.05, 0.1) is 11.1 Å². The number of pyridine rings is 1. The van der Waals surface area contributed by atoms with E-state index in [0.717, 1.165) is 41.7 Å². The van der Waals surface area contributed by atoms with Crippen LogP contribution in [0.15, 0.2) is 30.3 Å². The van der Waals surface area contributed by atoms with Gasteiger partial charge in [-0.25, -0.2) is 4.98 Å². The third kappa shape index (κ3) is 3.83. The summed E-state index contributed by atoms with van der Waals surface area (Å²) in [4.78, 5) is 22.2. The quantitative estimate of drug-likeness (QED) is 0.899. The number of amides is 1. The molecular formula is C21H28N4O. The number of likely N-dealkylation sites (tertiary alicyclic amines) is 1. The lowest BCUT2D eigenvalue weighted by Gasteiger charge is -2.32. The molecule has 1 aromatic heterocycles. The Morgan fingerprint density at radius 3 is 2.69 bits per heavy atom. The molecule has 2 heterocycles. The van der Waals surface area contributed by atoms with Crippen LogP contribution >= 0.6 is 0 Å². The van der Waals surface area contributed by atoms with Gasteiger partial charge in [-0.15, -0.1) is 0 Å². The lowest BCUT2D eigenvalue weighted by molar-refractivity contribution is 0.0952. The van der Waals surface area contributed by atoms with Crippen LogP contribution in [0.4, 0.5) is 5.82 Å². The minimum Gasteiger partial charge on any atom is -0.359 e. The van der Waals surface area contributed by atoms with Crippen molar-refractivity contribution in [1.82, 2.24) is 15.2 Å². The average Bonchev–Trinajstić information content (AvgIpc) is 3.46. The van der Waals surface area contributed by atoms with Crippen LogP contribution in [-0.2, 0) is 0 Å². The van der Waals surface area contributed by atoms with Crippen molar-refractivity contribution in [2.24, 2.45) is 5.92 Å². The van der Waals surface area contributed by atoms with E-state index in [1.54, 1.807) is 0 Å². The number of nitrogens with one attached hydrogen (secondary N) is 1. The highest BCUT2D eigenvalue weighted by Gasteiger charge is 2.25. The van der Waals surface area contributed by atoms with E-state index in [2.05, 4.69) is 29.2 Å². The van der Waals surface area contributed by atoms with Gasteiger partial charge in [-0.3, -0.25) is 4.79 Å². The third-order valence-electron chi connectivity index (χ3n) is 5.62. The van der Waals surface area contributed by atoms with Crippen molar-refractivity contribution < 1.29 is 4.79 Å². The molecule has 0 spiro atoms. The molecule has 2 fully saturated rings. The molecule has 1 N–H and O–H groups in total. The highest BCUT2D eigenvalue weighted by atomic mass is 16.1. The summed E-state index contributed by atoms with van der Waals surface area (Å²) in [5.74, 6) is 1.61. The van der Waals surface area contributed by atoms with Crippen molar-refractivity contribution in [2.45, 2.75) is 31.7 Å². The summed E-state index contributed by atoms with van der Waals surface area (Å²) in [7, 11) is 4.29. The van der Waals surface area contributed by atoms with Crippen LogP contribution < -0.4 is 10.2 Å². The van der Waals surface area contributed by atoms with Crippen LogP contribution in [0.2, 0.25) is 0 Å². The van der Waals surface area contributed by atoms with Crippen molar-refractivity contribution in [1.29, 1.82) is 0 Å². The minimum absolute atomic E-state index is 0.0278. The first-order valence-corrected chi connectivity index (χ1v) is 9.70. The fourth-order valence-electron chi connectivity index (χ4n) is 3.76. The number of benzene rings is 1. The Labute approximate surface area is 155 Å². The molecule has 4 rings (SSSR count). The number of fused-ring (bicyclic) bond motifs is 1. The van der Waals surface area contributed by atoms with E-state index < -0.39 is 0 Å². The SMILES string of the molecule is CN1CCC(CN(C)c2cc(C(=O)NC3CC3)c3ccccc3n2)CC1. The summed E-state index contributed by atoms with van der Waals surface area (Å²) >= 11 is 0. The predicted octanol–water partition coefficient (Wildman–Crippen LogP) is 2.91. The second kappa shape index (κ2) is 7.23. The number of rotatable bonds is 5.